The lowest BCUT2D eigenvalue weighted by Gasteiger charge is -2.19. The Morgan fingerprint density at radius 2 is 1.97 bits per heavy atom. The number of para-hydroxylation sites is 2. The minimum atomic E-state index is -0.933. The summed E-state index contributed by atoms with van der Waals surface area (Å²) in [4.78, 5) is 37.9. The Bertz CT molecular complexity index is 984. The second-order valence-electron chi connectivity index (χ2n) is 8.17. The Morgan fingerprint density at radius 3 is 2.68 bits per heavy atom. The van der Waals surface area contributed by atoms with Crippen molar-refractivity contribution in [2.75, 3.05) is 17.7 Å². The van der Waals surface area contributed by atoms with Gasteiger partial charge >= 0.3 is 5.97 Å². The second-order valence-corrected chi connectivity index (χ2v) is 9.27. The van der Waals surface area contributed by atoms with Gasteiger partial charge in [0.25, 0.3) is 5.91 Å². The molecule has 166 valence electrons. The van der Waals surface area contributed by atoms with E-state index in [2.05, 4.69) is 17.6 Å². The first-order valence-corrected chi connectivity index (χ1v) is 11.2. The lowest BCUT2D eigenvalue weighted by atomic mass is 9.88. The molecule has 1 aliphatic carbocycles. The Balaban J connectivity index is 1.86. The van der Waals surface area contributed by atoms with Crippen LogP contribution in [0.3, 0.4) is 0 Å². The van der Waals surface area contributed by atoms with Crippen LogP contribution in [0.15, 0.2) is 24.3 Å². The van der Waals surface area contributed by atoms with Crippen molar-refractivity contribution in [3.8, 4) is 5.75 Å². The number of aliphatic carboxylic acids is 1. The Morgan fingerprint density at radius 1 is 1.23 bits per heavy atom. The van der Waals surface area contributed by atoms with Crippen molar-refractivity contribution in [1.29, 1.82) is 0 Å². The molecule has 0 fully saturated rings. The van der Waals surface area contributed by atoms with Gasteiger partial charge in [0.05, 0.1) is 18.4 Å². The minimum Gasteiger partial charge on any atom is -0.495 e. The van der Waals surface area contributed by atoms with Crippen LogP contribution in [0, 0.1) is 11.8 Å². The van der Waals surface area contributed by atoms with Gasteiger partial charge in [-0.25, -0.2) is 0 Å². The lowest BCUT2D eigenvalue weighted by molar-refractivity contribution is -0.138. The van der Waals surface area contributed by atoms with Crippen molar-refractivity contribution < 1.29 is 24.2 Å². The molecule has 7 nitrogen and oxygen atoms in total. The van der Waals surface area contributed by atoms with Crippen molar-refractivity contribution in [1.82, 2.24) is 0 Å². The fourth-order valence-corrected chi connectivity index (χ4v) is 5.30. The molecule has 1 aromatic heterocycles. The number of benzene rings is 1. The Kier molecular flexibility index (Phi) is 7.33. The van der Waals surface area contributed by atoms with Crippen LogP contribution in [0.4, 0.5) is 10.7 Å². The molecular weight excluding hydrogens is 416 g/mol. The van der Waals surface area contributed by atoms with Crippen LogP contribution in [0.5, 0.6) is 5.75 Å². The maximum Gasteiger partial charge on any atom is 0.303 e. The van der Waals surface area contributed by atoms with Gasteiger partial charge in [0.1, 0.15) is 10.8 Å². The molecule has 2 amide bonds. The first-order valence-electron chi connectivity index (χ1n) is 10.4. The van der Waals surface area contributed by atoms with Crippen LogP contribution in [-0.2, 0) is 22.4 Å². The summed E-state index contributed by atoms with van der Waals surface area (Å²) in [7, 11) is 1.54. The molecule has 2 atom stereocenters. The summed E-state index contributed by atoms with van der Waals surface area (Å²) in [6, 6.07) is 7.18. The summed E-state index contributed by atoms with van der Waals surface area (Å²) < 4.78 is 5.33. The summed E-state index contributed by atoms with van der Waals surface area (Å²) >= 11 is 1.44. The predicted octanol–water partition coefficient (Wildman–Crippen LogP) is 4.57. The smallest absolute Gasteiger partial charge is 0.303 e. The molecule has 1 aromatic carbocycles. The highest BCUT2D eigenvalue weighted by molar-refractivity contribution is 7.17. The fraction of sp³-hybridized carbons (Fsp3) is 0.435. The van der Waals surface area contributed by atoms with Gasteiger partial charge in [0, 0.05) is 17.7 Å². The molecule has 0 saturated heterocycles. The molecule has 0 bridgehead atoms. The number of ether oxygens (including phenoxy) is 1. The number of methoxy groups -OCH3 is 1. The van der Waals surface area contributed by atoms with E-state index in [1.807, 2.05) is 12.1 Å². The molecule has 3 rings (SSSR count). The normalized spacial score (nSPS) is 16.2. The quantitative estimate of drug-likeness (QED) is 0.553. The largest absolute Gasteiger partial charge is 0.495 e. The molecule has 0 saturated carbocycles. The second kappa shape index (κ2) is 9.96. The van der Waals surface area contributed by atoms with E-state index in [1.165, 1.54) is 11.3 Å². The highest BCUT2D eigenvalue weighted by Gasteiger charge is 2.29. The first kappa shape index (κ1) is 22.8. The number of carbonyl (C=O) groups is 3. The average molecular weight is 445 g/mol. The minimum absolute atomic E-state index is 0.0764. The van der Waals surface area contributed by atoms with Gasteiger partial charge in [0.15, 0.2) is 0 Å². The van der Waals surface area contributed by atoms with Crippen molar-refractivity contribution in [3.63, 3.8) is 0 Å². The van der Waals surface area contributed by atoms with Gasteiger partial charge in [-0.05, 0) is 48.8 Å². The van der Waals surface area contributed by atoms with Crippen molar-refractivity contribution >= 4 is 39.8 Å². The van der Waals surface area contributed by atoms with Crippen LogP contribution in [0.25, 0.3) is 0 Å². The summed E-state index contributed by atoms with van der Waals surface area (Å²) in [5.74, 6) is -0.718. The number of anilines is 2. The van der Waals surface area contributed by atoms with Crippen molar-refractivity contribution in [2.24, 2.45) is 11.8 Å². The van der Waals surface area contributed by atoms with Gasteiger partial charge in [-0.3, -0.25) is 14.4 Å². The maximum absolute atomic E-state index is 13.3. The van der Waals surface area contributed by atoms with Crippen LogP contribution in [0.1, 0.15) is 53.9 Å². The van der Waals surface area contributed by atoms with Crippen LogP contribution < -0.4 is 15.4 Å². The third-order valence-corrected chi connectivity index (χ3v) is 6.57. The number of rotatable bonds is 8. The monoisotopic (exact) mass is 444 g/mol. The molecular formula is C23H28N2O5S. The third-order valence-electron chi connectivity index (χ3n) is 5.40. The van der Waals surface area contributed by atoms with Gasteiger partial charge in [-0.1, -0.05) is 26.0 Å². The molecule has 8 heteroatoms. The molecule has 3 N–H and O–H groups in total. The van der Waals surface area contributed by atoms with Gasteiger partial charge in [-0.2, -0.15) is 0 Å². The van der Waals surface area contributed by atoms with E-state index >= 15 is 0 Å². The average Bonchev–Trinajstić information content (AvgIpc) is 3.04. The summed E-state index contributed by atoms with van der Waals surface area (Å²) in [6.45, 7) is 3.91. The summed E-state index contributed by atoms with van der Waals surface area (Å²) in [6.07, 6.45) is 2.65. The SMILES string of the molecule is COc1ccccc1NC(=O)c1c(NC(=O)C[C@H](C)CC(=O)O)sc2c1CC[C@@H](C)C2. The van der Waals surface area contributed by atoms with Gasteiger partial charge in [-0.15, -0.1) is 11.3 Å². The van der Waals surface area contributed by atoms with E-state index in [-0.39, 0.29) is 30.6 Å². The maximum atomic E-state index is 13.3. The molecule has 1 heterocycles. The first-order chi connectivity index (χ1) is 14.8. The zero-order valence-corrected chi connectivity index (χ0v) is 18.8. The number of nitrogens with one attached hydrogen (secondary N) is 2. The molecule has 0 unspecified atom stereocenters. The van der Waals surface area contributed by atoms with E-state index in [4.69, 9.17) is 9.84 Å². The molecule has 31 heavy (non-hydrogen) atoms. The van der Waals surface area contributed by atoms with Gasteiger partial charge in [0.2, 0.25) is 5.91 Å². The molecule has 0 aliphatic heterocycles. The highest BCUT2D eigenvalue weighted by atomic mass is 32.1. The van der Waals surface area contributed by atoms with E-state index in [9.17, 15) is 14.4 Å². The number of hydrogen-bond donors (Lipinski definition) is 3. The van der Waals surface area contributed by atoms with Crippen LogP contribution >= 0.6 is 11.3 Å². The van der Waals surface area contributed by atoms with E-state index in [1.54, 1.807) is 26.2 Å². The molecule has 1 aliphatic rings. The zero-order chi connectivity index (χ0) is 22.5. The summed E-state index contributed by atoms with van der Waals surface area (Å²) in [5.41, 5.74) is 2.05. The number of amides is 2. The van der Waals surface area contributed by atoms with Crippen molar-refractivity contribution in [3.05, 3.63) is 40.3 Å². The topological polar surface area (TPSA) is 105 Å². The highest BCUT2D eigenvalue weighted by Crippen LogP contribution is 2.40. The number of carboxylic acids is 1. The van der Waals surface area contributed by atoms with Gasteiger partial charge < -0.3 is 20.5 Å². The predicted molar refractivity (Wildman–Crippen MR) is 121 cm³/mol. The number of hydrogen-bond acceptors (Lipinski definition) is 5. The lowest BCUT2D eigenvalue weighted by Crippen LogP contribution is -2.21. The molecule has 2 aromatic rings. The number of carbonyl (C=O) groups excluding carboxylic acids is 2. The van der Waals surface area contributed by atoms with Crippen LogP contribution in [0.2, 0.25) is 0 Å². The van der Waals surface area contributed by atoms with E-state index in [0.717, 1.165) is 29.7 Å². The molecule has 0 spiro atoms. The number of fused-ring (bicyclic) bond motifs is 1. The van der Waals surface area contributed by atoms with E-state index < -0.39 is 5.97 Å². The fourth-order valence-electron chi connectivity index (χ4n) is 3.88. The number of carboxylic acid groups (broad SMARTS) is 1. The zero-order valence-electron chi connectivity index (χ0n) is 18.0. The Hall–Kier alpha value is -2.87. The van der Waals surface area contributed by atoms with Crippen molar-refractivity contribution in [2.45, 2.75) is 46.0 Å². The third kappa shape index (κ3) is 5.64. The standard InChI is InChI=1S/C23H28N2O5S/c1-13-8-9-15-18(10-13)31-23(25-19(26)11-14(2)12-20(27)28)21(15)22(29)24-16-6-4-5-7-17(16)30-3/h4-7,13-14H,8-12H2,1-3H3,(H,24,29)(H,25,26)(H,27,28)/t13-,14+/m1/s1. The Labute approximate surface area is 185 Å². The van der Waals surface area contributed by atoms with Crippen LogP contribution in [-0.4, -0.2) is 30.0 Å². The number of thiophene rings is 1. The van der Waals surface area contributed by atoms with E-state index in [0.29, 0.717) is 27.9 Å². The summed E-state index contributed by atoms with van der Waals surface area (Å²) in [5, 5.41) is 15.3. The molecule has 0 radical (unpaired) electrons.